The molecule has 3 rings (SSSR count). The summed E-state index contributed by atoms with van der Waals surface area (Å²) < 4.78 is 11.1. The van der Waals surface area contributed by atoms with Gasteiger partial charge in [0.1, 0.15) is 11.5 Å². The maximum atomic E-state index is 5.66. The van der Waals surface area contributed by atoms with Crippen LogP contribution in [-0.2, 0) is 0 Å². The second kappa shape index (κ2) is 5.25. The first-order valence-corrected chi connectivity index (χ1v) is 6.54. The molecular formula is C18H16O2. The van der Waals surface area contributed by atoms with Gasteiger partial charge in [-0.05, 0) is 23.8 Å². The molecule has 0 amide bonds. The lowest BCUT2D eigenvalue weighted by Crippen LogP contribution is -1.91. The summed E-state index contributed by atoms with van der Waals surface area (Å²) in [5, 5.41) is 2.12. The lowest BCUT2D eigenvalue weighted by Gasteiger charge is -2.13. The van der Waals surface area contributed by atoms with Gasteiger partial charge in [-0.3, -0.25) is 0 Å². The molecule has 0 heterocycles. The molecule has 0 atom stereocenters. The highest BCUT2D eigenvalue weighted by atomic mass is 16.5. The second-order valence-electron chi connectivity index (χ2n) is 4.57. The number of hydrogen-bond acceptors (Lipinski definition) is 2. The minimum atomic E-state index is 0.861. The molecule has 0 radical (unpaired) electrons. The van der Waals surface area contributed by atoms with Crippen molar-refractivity contribution >= 4 is 10.8 Å². The van der Waals surface area contributed by atoms with E-state index in [0.29, 0.717) is 0 Å². The van der Waals surface area contributed by atoms with E-state index in [2.05, 4.69) is 30.3 Å². The van der Waals surface area contributed by atoms with Crippen LogP contribution in [0.1, 0.15) is 0 Å². The van der Waals surface area contributed by atoms with Gasteiger partial charge in [0.05, 0.1) is 14.2 Å². The van der Waals surface area contributed by atoms with E-state index in [-0.39, 0.29) is 0 Å². The van der Waals surface area contributed by atoms with Gasteiger partial charge in [-0.25, -0.2) is 0 Å². The van der Waals surface area contributed by atoms with Crippen LogP contribution in [0.5, 0.6) is 11.5 Å². The highest BCUT2D eigenvalue weighted by Gasteiger charge is 2.12. The fourth-order valence-corrected chi connectivity index (χ4v) is 2.54. The summed E-state index contributed by atoms with van der Waals surface area (Å²) in [4.78, 5) is 0. The fraction of sp³-hybridized carbons (Fsp3) is 0.111. The Labute approximate surface area is 118 Å². The van der Waals surface area contributed by atoms with Crippen LogP contribution >= 0.6 is 0 Å². The van der Waals surface area contributed by atoms with E-state index in [0.717, 1.165) is 33.4 Å². The highest BCUT2D eigenvalue weighted by molar-refractivity contribution is 5.98. The molecule has 3 aromatic carbocycles. The zero-order chi connectivity index (χ0) is 13.9. The van der Waals surface area contributed by atoms with Crippen LogP contribution < -0.4 is 9.47 Å². The van der Waals surface area contributed by atoms with Crippen LogP contribution in [0.15, 0.2) is 60.7 Å². The van der Waals surface area contributed by atoms with Gasteiger partial charge in [0, 0.05) is 16.3 Å². The van der Waals surface area contributed by atoms with Gasteiger partial charge in [0.25, 0.3) is 0 Å². The van der Waals surface area contributed by atoms with Crippen LogP contribution in [-0.4, -0.2) is 14.2 Å². The Morgan fingerprint density at radius 3 is 2.15 bits per heavy atom. The Morgan fingerprint density at radius 2 is 1.45 bits per heavy atom. The Balaban J connectivity index is 2.31. The van der Waals surface area contributed by atoms with E-state index in [4.69, 9.17) is 9.47 Å². The summed E-state index contributed by atoms with van der Waals surface area (Å²) in [6, 6.07) is 20.4. The highest BCUT2D eigenvalue weighted by Crippen LogP contribution is 2.39. The lowest BCUT2D eigenvalue weighted by molar-refractivity contribution is 0.416. The average Bonchev–Trinajstić information content (AvgIpc) is 2.53. The van der Waals surface area contributed by atoms with Crippen LogP contribution in [0.25, 0.3) is 21.9 Å². The van der Waals surface area contributed by atoms with Crippen LogP contribution in [0.2, 0.25) is 0 Å². The summed E-state index contributed by atoms with van der Waals surface area (Å²) >= 11 is 0. The number of fused-ring (bicyclic) bond motifs is 1. The van der Waals surface area contributed by atoms with Crippen molar-refractivity contribution in [1.82, 2.24) is 0 Å². The lowest BCUT2D eigenvalue weighted by atomic mass is 9.99. The van der Waals surface area contributed by atoms with E-state index in [1.807, 2.05) is 30.3 Å². The van der Waals surface area contributed by atoms with Crippen molar-refractivity contribution in [2.75, 3.05) is 14.2 Å². The minimum Gasteiger partial charge on any atom is -0.496 e. The molecule has 0 unspecified atom stereocenters. The maximum Gasteiger partial charge on any atom is 0.134 e. The average molecular weight is 264 g/mol. The first-order valence-electron chi connectivity index (χ1n) is 6.54. The van der Waals surface area contributed by atoms with Gasteiger partial charge < -0.3 is 9.47 Å². The van der Waals surface area contributed by atoms with Crippen molar-refractivity contribution in [1.29, 1.82) is 0 Å². The van der Waals surface area contributed by atoms with Crippen molar-refractivity contribution < 1.29 is 9.47 Å². The summed E-state index contributed by atoms with van der Waals surface area (Å²) in [5.41, 5.74) is 2.24. The second-order valence-corrected chi connectivity index (χ2v) is 4.57. The van der Waals surface area contributed by atoms with Gasteiger partial charge in [0.2, 0.25) is 0 Å². The molecule has 0 N–H and O–H groups in total. The Kier molecular flexibility index (Phi) is 3.30. The molecular weight excluding hydrogens is 248 g/mol. The number of ether oxygens (including phenoxy) is 2. The molecule has 3 aromatic rings. The Morgan fingerprint density at radius 1 is 0.650 bits per heavy atom. The Hall–Kier alpha value is -2.48. The molecule has 0 spiro atoms. The summed E-state index contributed by atoms with van der Waals surface area (Å²) in [6.07, 6.45) is 0. The van der Waals surface area contributed by atoms with Crippen molar-refractivity contribution in [2.45, 2.75) is 0 Å². The van der Waals surface area contributed by atoms with E-state index >= 15 is 0 Å². The first-order chi connectivity index (χ1) is 9.85. The first kappa shape index (κ1) is 12.5. The number of methoxy groups -OCH3 is 2. The van der Waals surface area contributed by atoms with E-state index < -0.39 is 0 Å². The van der Waals surface area contributed by atoms with E-state index in [9.17, 15) is 0 Å². The van der Waals surface area contributed by atoms with Gasteiger partial charge >= 0.3 is 0 Å². The molecule has 0 aliphatic heterocycles. The molecule has 0 aliphatic carbocycles. The number of rotatable bonds is 3. The van der Waals surface area contributed by atoms with Gasteiger partial charge in [-0.1, -0.05) is 42.5 Å². The molecule has 0 fully saturated rings. The van der Waals surface area contributed by atoms with Crippen molar-refractivity contribution in [3.05, 3.63) is 60.7 Å². The van der Waals surface area contributed by atoms with Gasteiger partial charge in [-0.15, -0.1) is 0 Å². The van der Waals surface area contributed by atoms with Gasteiger partial charge in [0.15, 0.2) is 0 Å². The normalized spacial score (nSPS) is 10.5. The summed E-state index contributed by atoms with van der Waals surface area (Å²) in [6.45, 7) is 0. The van der Waals surface area contributed by atoms with Gasteiger partial charge in [-0.2, -0.15) is 0 Å². The van der Waals surface area contributed by atoms with Crippen molar-refractivity contribution in [3.63, 3.8) is 0 Å². The molecule has 0 saturated carbocycles. The molecule has 0 bridgehead atoms. The topological polar surface area (TPSA) is 18.5 Å². The third kappa shape index (κ3) is 1.99. The maximum absolute atomic E-state index is 5.66. The zero-order valence-electron chi connectivity index (χ0n) is 11.6. The van der Waals surface area contributed by atoms with E-state index in [1.165, 1.54) is 0 Å². The molecule has 0 saturated heterocycles. The zero-order valence-corrected chi connectivity index (χ0v) is 11.6. The minimum absolute atomic E-state index is 0.861. The number of hydrogen-bond donors (Lipinski definition) is 0. The Bertz CT molecular complexity index is 733. The monoisotopic (exact) mass is 264 g/mol. The van der Waals surface area contributed by atoms with Crippen LogP contribution in [0.4, 0.5) is 0 Å². The standard InChI is InChI=1S/C18H16O2/c1-19-17-10-6-9-16-15(17)12-11-14(18(16)20-2)13-7-4-3-5-8-13/h3-12H,1-2H3. The molecule has 0 aliphatic rings. The summed E-state index contributed by atoms with van der Waals surface area (Å²) in [5.74, 6) is 1.74. The molecule has 20 heavy (non-hydrogen) atoms. The SMILES string of the molecule is COc1cccc2c(OC)c(-c3ccccc3)ccc12. The predicted molar refractivity (Wildman–Crippen MR) is 82.5 cm³/mol. The van der Waals surface area contributed by atoms with E-state index in [1.54, 1.807) is 14.2 Å². The molecule has 2 heteroatoms. The smallest absolute Gasteiger partial charge is 0.134 e. The van der Waals surface area contributed by atoms with Crippen molar-refractivity contribution in [3.8, 4) is 22.6 Å². The third-order valence-electron chi connectivity index (χ3n) is 3.48. The molecule has 0 aromatic heterocycles. The fourth-order valence-electron chi connectivity index (χ4n) is 2.54. The third-order valence-corrected chi connectivity index (χ3v) is 3.48. The quantitative estimate of drug-likeness (QED) is 0.692. The largest absolute Gasteiger partial charge is 0.496 e. The molecule has 100 valence electrons. The van der Waals surface area contributed by atoms with Crippen molar-refractivity contribution in [2.24, 2.45) is 0 Å². The number of benzene rings is 3. The van der Waals surface area contributed by atoms with Crippen LogP contribution in [0.3, 0.4) is 0 Å². The van der Waals surface area contributed by atoms with Crippen LogP contribution in [0, 0.1) is 0 Å². The predicted octanol–water partition coefficient (Wildman–Crippen LogP) is 4.52. The summed E-state index contributed by atoms with van der Waals surface area (Å²) in [7, 11) is 3.40. The molecule has 2 nitrogen and oxygen atoms in total.